The van der Waals surface area contributed by atoms with E-state index >= 15 is 0 Å². The van der Waals surface area contributed by atoms with E-state index in [-0.39, 0.29) is 23.4 Å². The lowest BCUT2D eigenvalue weighted by atomic mass is 9.78. The van der Waals surface area contributed by atoms with Crippen molar-refractivity contribution in [2.75, 3.05) is 39.4 Å². The fourth-order valence-electron chi connectivity index (χ4n) is 5.99. The van der Waals surface area contributed by atoms with Crippen LogP contribution in [0.5, 0.6) is 5.75 Å². The number of nitrogens with zero attached hydrogens (tertiary/aromatic N) is 2. The highest BCUT2D eigenvalue weighted by Gasteiger charge is 2.51. The van der Waals surface area contributed by atoms with Crippen LogP contribution in [0.3, 0.4) is 0 Å². The number of rotatable bonds is 4. The summed E-state index contributed by atoms with van der Waals surface area (Å²) in [6, 6.07) is 5.91. The molecule has 1 atom stereocenters. The number of amides is 1. The molecule has 1 aliphatic carbocycles. The van der Waals surface area contributed by atoms with Gasteiger partial charge in [-0.3, -0.25) is 0 Å². The first-order chi connectivity index (χ1) is 15.7. The van der Waals surface area contributed by atoms with Crippen LogP contribution in [0.4, 0.5) is 9.18 Å². The topological polar surface area (TPSA) is 51.2 Å². The number of piperidine rings is 1. The van der Waals surface area contributed by atoms with Gasteiger partial charge in [0.15, 0.2) is 11.6 Å². The lowest BCUT2D eigenvalue weighted by Crippen LogP contribution is -2.58. The normalized spacial score (nSPS) is 26.2. The molecule has 0 aromatic heterocycles. The van der Waals surface area contributed by atoms with E-state index in [9.17, 15) is 9.18 Å². The predicted molar refractivity (Wildman–Crippen MR) is 123 cm³/mol. The average molecular weight is 461 g/mol. The van der Waals surface area contributed by atoms with Gasteiger partial charge in [-0.05, 0) is 77.9 Å². The zero-order valence-electron chi connectivity index (χ0n) is 20.1. The van der Waals surface area contributed by atoms with Gasteiger partial charge < -0.3 is 24.0 Å². The zero-order valence-corrected chi connectivity index (χ0v) is 20.1. The van der Waals surface area contributed by atoms with Crippen LogP contribution < -0.4 is 4.74 Å². The number of hydrogen-bond donors (Lipinski definition) is 0. The van der Waals surface area contributed by atoms with Gasteiger partial charge in [0.2, 0.25) is 0 Å². The summed E-state index contributed by atoms with van der Waals surface area (Å²) in [5.74, 6) is 0.495. The lowest BCUT2D eigenvalue weighted by molar-refractivity contribution is -0.0814. The van der Waals surface area contributed by atoms with Crippen molar-refractivity contribution < 1.29 is 23.4 Å². The molecule has 4 fully saturated rings. The second-order valence-corrected chi connectivity index (χ2v) is 11.5. The molecule has 33 heavy (non-hydrogen) atoms. The minimum absolute atomic E-state index is 0.0295. The van der Waals surface area contributed by atoms with Crippen LogP contribution in [-0.4, -0.2) is 73.0 Å². The molecule has 1 spiro atoms. The van der Waals surface area contributed by atoms with Crippen molar-refractivity contribution in [3.8, 4) is 5.75 Å². The Labute approximate surface area is 196 Å². The van der Waals surface area contributed by atoms with Crippen molar-refractivity contribution in [1.82, 2.24) is 9.80 Å². The van der Waals surface area contributed by atoms with Gasteiger partial charge in [0.25, 0.3) is 0 Å². The van der Waals surface area contributed by atoms with Crippen LogP contribution in [0.15, 0.2) is 18.2 Å². The number of benzene rings is 1. The highest BCUT2D eigenvalue weighted by atomic mass is 19.1. The van der Waals surface area contributed by atoms with Gasteiger partial charge in [-0.2, -0.15) is 0 Å². The molecule has 0 unspecified atom stereocenters. The van der Waals surface area contributed by atoms with Gasteiger partial charge in [-0.15, -0.1) is 0 Å². The average Bonchev–Trinajstić information content (AvgIpc) is 3.15. The molecular weight excluding hydrogens is 423 g/mol. The molecule has 1 saturated carbocycles. The van der Waals surface area contributed by atoms with E-state index < -0.39 is 5.60 Å². The molecule has 3 heterocycles. The van der Waals surface area contributed by atoms with Crippen molar-refractivity contribution in [3.63, 3.8) is 0 Å². The van der Waals surface area contributed by atoms with E-state index in [1.807, 2.05) is 31.7 Å². The highest BCUT2D eigenvalue weighted by Crippen LogP contribution is 2.48. The third kappa shape index (κ3) is 4.85. The molecule has 4 aliphatic rings. The molecule has 3 saturated heterocycles. The summed E-state index contributed by atoms with van der Waals surface area (Å²) >= 11 is 0. The van der Waals surface area contributed by atoms with Crippen LogP contribution >= 0.6 is 0 Å². The second kappa shape index (κ2) is 8.73. The highest BCUT2D eigenvalue weighted by molar-refractivity contribution is 5.69. The molecule has 0 N–H and O–H groups in total. The third-order valence-corrected chi connectivity index (χ3v) is 7.76. The minimum Gasteiger partial charge on any atom is -0.482 e. The molecular formula is C26H37FN2O4. The lowest BCUT2D eigenvalue weighted by Gasteiger charge is -2.48. The Bertz CT molecular complexity index is 868. The van der Waals surface area contributed by atoms with Crippen molar-refractivity contribution in [3.05, 3.63) is 29.6 Å². The molecule has 0 bridgehead atoms. The summed E-state index contributed by atoms with van der Waals surface area (Å²) in [6.07, 6.45) is 5.37. The van der Waals surface area contributed by atoms with Gasteiger partial charge in [0.05, 0.1) is 13.2 Å². The number of carbonyl (C=O) groups is 1. The summed E-state index contributed by atoms with van der Waals surface area (Å²) in [5, 5.41) is 0. The van der Waals surface area contributed by atoms with Crippen molar-refractivity contribution in [1.29, 1.82) is 0 Å². The summed E-state index contributed by atoms with van der Waals surface area (Å²) < 4.78 is 31.2. The maximum atomic E-state index is 14.5. The molecule has 5 rings (SSSR count). The Morgan fingerprint density at radius 1 is 1.15 bits per heavy atom. The predicted octanol–water partition coefficient (Wildman–Crippen LogP) is 4.57. The summed E-state index contributed by atoms with van der Waals surface area (Å²) in [7, 11) is 0. The number of likely N-dealkylation sites (tertiary alicyclic amines) is 2. The zero-order chi connectivity index (χ0) is 23.2. The first kappa shape index (κ1) is 22.9. The van der Waals surface area contributed by atoms with E-state index in [0.29, 0.717) is 30.9 Å². The van der Waals surface area contributed by atoms with Crippen LogP contribution in [-0.2, 0) is 9.47 Å². The van der Waals surface area contributed by atoms with Crippen molar-refractivity contribution in [2.24, 2.45) is 5.41 Å². The Kier molecular flexibility index (Phi) is 6.06. The van der Waals surface area contributed by atoms with Crippen molar-refractivity contribution >= 4 is 6.09 Å². The summed E-state index contributed by atoms with van der Waals surface area (Å²) in [6.45, 7) is 10.5. The monoisotopic (exact) mass is 460 g/mol. The van der Waals surface area contributed by atoms with E-state index in [0.717, 1.165) is 51.0 Å². The van der Waals surface area contributed by atoms with Crippen LogP contribution in [0.1, 0.15) is 64.4 Å². The van der Waals surface area contributed by atoms with E-state index in [4.69, 9.17) is 14.2 Å². The molecule has 7 heteroatoms. The molecule has 1 aromatic rings. The van der Waals surface area contributed by atoms with Gasteiger partial charge in [-0.1, -0.05) is 12.1 Å². The molecule has 3 aliphatic heterocycles. The minimum atomic E-state index is -0.444. The number of halogens is 1. The molecule has 6 nitrogen and oxygen atoms in total. The second-order valence-electron chi connectivity index (χ2n) is 11.5. The Morgan fingerprint density at radius 3 is 2.52 bits per heavy atom. The quantitative estimate of drug-likeness (QED) is 0.659. The Balaban J connectivity index is 1.13. The Hall–Kier alpha value is -1.86. The van der Waals surface area contributed by atoms with Crippen molar-refractivity contribution in [2.45, 2.75) is 76.5 Å². The fourth-order valence-corrected chi connectivity index (χ4v) is 5.99. The van der Waals surface area contributed by atoms with Gasteiger partial charge in [-0.25, -0.2) is 9.18 Å². The Morgan fingerprint density at radius 2 is 1.88 bits per heavy atom. The van der Waals surface area contributed by atoms with E-state index in [1.165, 1.54) is 18.9 Å². The molecule has 1 amide bonds. The maximum Gasteiger partial charge on any atom is 0.410 e. The van der Waals surface area contributed by atoms with E-state index in [1.54, 1.807) is 6.07 Å². The molecule has 0 radical (unpaired) electrons. The van der Waals surface area contributed by atoms with Gasteiger partial charge in [0.1, 0.15) is 11.7 Å². The smallest absolute Gasteiger partial charge is 0.410 e. The van der Waals surface area contributed by atoms with Crippen LogP contribution in [0, 0.1) is 11.2 Å². The standard InChI is InChI=1S/C26H37FN2O4/c1-25(2,3)33-24(30)29-16-26(17-29)10-7-19(13-26)28-11-8-18(9-12-28)21-5-4-6-22(27)23(21)32-20-14-31-15-20/h4-6,18-20H,7-17H2,1-3H3/t19-/m1/s1. The van der Waals surface area contributed by atoms with Gasteiger partial charge >= 0.3 is 6.09 Å². The number of ether oxygens (including phenoxy) is 3. The van der Waals surface area contributed by atoms with Crippen LogP contribution in [0.2, 0.25) is 0 Å². The summed E-state index contributed by atoms with van der Waals surface area (Å²) in [4.78, 5) is 16.8. The largest absolute Gasteiger partial charge is 0.482 e. The third-order valence-electron chi connectivity index (χ3n) is 7.76. The van der Waals surface area contributed by atoms with Crippen LogP contribution in [0.25, 0.3) is 0 Å². The number of carbonyl (C=O) groups excluding carboxylic acids is 1. The first-order valence-corrected chi connectivity index (χ1v) is 12.5. The molecule has 182 valence electrons. The maximum absolute atomic E-state index is 14.5. The SMILES string of the molecule is CC(C)(C)OC(=O)N1CC2(CC[C@@H](N3CCC(c4cccc(F)c4OC4COC4)CC3)C2)C1. The van der Waals surface area contributed by atoms with E-state index in [2.05, 4.69) is 4.90 Å². The summed E-state index contributed by atoms with van der Waals surface area (Å²) in [5.41, 5.74) is 0.837. The first-order valence-electron chi connectivity index (χ1n) is 12.5. The molecule has 1 aromatic carbocycles. The fraction of sp³-hybridized carbons (Fsp3) is 0.731. The number of para-hydroxylation sites is 1. The van der Waals surface area contributed by atoms with Gasteiger partial charge in [0, 0.05) is 30.1 Å². The number of hydrogen-bond acceptors (Lipinski definition) is 5.